The average Bonchev–Trinajstić information content (AvgIpc) is 2.96. The van der Waals surface area contributed by atoms with E-state index in [0.717, 1.165) is 6.07 Å². The lowest BCUT2D eigenvalue weighted by atomic mass is 10.1. The van der Waals surface area contributed by atoms with E-state index in [-0.39, 0.29) is 16.7 Å². The molecule has 162 valence electrons. The smallest absolute Gasteiger partial charge is 0.252 e. The van der Waals surface area contributed by atoms with Crippen molar-refractivity contribution < 1.29 is 30.4 Å². The second kappa shape index (κ2) is 6.92. The van der Waals surface area contributed by atoms with E-state index in [2.05, 4.69) is 15.0 Å². The molecule has 0 bridgehead atoms. The highest BCUT2D eigenvalue weighted by atomic mass is 35.5. The molecule has 3 aromatic rings. The number of alkyl halides is 5. The fourth-order valence-corrected chi connectivity index (χ4v) is 4.36. The highest BCUT2D eigenvalue weighted by Gasteiger charge is 2.50. The number of nitrogens with zero attached hydrogens (tertiary/aromatic N) is 3. The van der Waals surface area contributed by atoms with Crippen LogP contribution in [0, 0.1) is 0 Å². The molecule has 0 atom stereocenters. The van der Waals surface area contributed by atoms with Crippen LogP contribution in [-0.2, 0) is 21.9 Å². The topological polar surface area (TPSA) is 72.3 Å². The number of aromatic nitrogens is 2. The van der Waals surface area contributed by atoms with E-state index >= 15 is 8.78 Å². The predicted molar refractivity (Wildman–Crippen MR) is 104 cm³/mol. The van der Waals surface area contributed by atoms with Crippen molar-refractivity contribution in [1.82, 2.24) is 9.97 Å². The summed E-state index contributed by atoms with van der Waals surface area (Å²) in [6.45, 7) is 1.32. The van der Waals surface area contributed by atoms with Gasteiger partial charge in [-0.3, -0.25) is 4.98 Å². The Hall–Kier alpha value is -2.66. The summed E-state index contributed by atoms with van der Waals surface area (Å²) in [4.78, 5) is 10.4. The van der Waals surface area contributed by atoms with Crippen LogP contribution in [0.2, 0.25) is 5.02 Å². The normalized spacial score (nSPS) is 15.8. The van der Waals surface area contributed by atoms with Gasteiger partial charge in [-0.2, -0.15) is 22.0 Å². The molecule has 5 nitrogen and oxygen atoms in total. The molecule has 0 spiro atoms. The third-order valence-corrected chi connectivity index (χ3v) is 6.68. The third-order valence-electron chi connectivity index (χ3n) is 4.70. The second-order valence-corrected chi connectivity index (χ2v) is 9.38. The number of fused-ring (bicyclic) bond motifs is 2. The molecule has 0 saturated carbocycles. The van der Waals surface area contributed by atoms with Gasteiger partial charge in [-0.15, -0.1) is 0 Å². The SMILES string of the molecule is CCS(=O)(=O)c1cc2cc(Cl)ccc2nc1C1=Nc2cc(C(F)(F)F)cnc2C1(F)F. The van der Waals surface area contributed by atoms with Crippen LogP contribution in [0.1, 0.15) is 23.9 Å². The minimum absolute atomic E-state index is 0.160. The van der Waals surface area contributed by atoms with Crippen LogP contribution in [0.3, 0.4) is 0 Å². The number of aliphatic imine (C=N–C) groups is 1. The molecule has 1 aliphatic rings. The molecular formula is C19H11ClF5N3O2S. The Morgan fingerprint density at radius 2 is 1.84 bits per heavy atom. The van der Waals surface area contributed by atoms with Crippen molar-refractivity contribution in [3.63, 3.8) is 0 Å². The molecule has 0 unspecified atom stereocenters. The molecule has 0 saturated heterocycles. The molecule has 0 radical (unpaired) electrons. The van der Waals surface area contributed by atoms with Crippen LogP contribution in [0.5, 0.6) is 0 Å². The van der Waals surface area contributed by atoms with Gasteiger partial charge >= 0.3 is 12.1 Å². The lowest BCUT2D eigenvalue weighted by Gasteiger charge is -2.16. The molecular weight excluding hydrogens is 465 g/mol. The van der Waals surface area contributed by atoms with Crippen molar-refractivity contribution in [3.05, 3.63) is 58.5 Å². The molecule has 4 rings (SSSR count). The van der Waals surface area contributed by atoms with Crippen molar-refractivity contribution in [2.75, 3.05) is 5.75 Å². The molecule has 0 aliphatic carbocycles. The summed E-state index contributed by atoms with van der Waals surface area (Å²) in [6.07, 6.45) is -4.53. The highest BCUT2D eigenvalue weighted by Crippen LogP contribution is 2.46. The Balaban J connectivity index is 2.01. The first kappa shape index (κ1) is 21.6. The molecule has 3 heterocycles. The fourth-order valence-electron chi connectivity index (χ4n) is 3.13. The first-order valence-corrected chi connectivity index (χ1v) is 10.8. The summed E-state index contributed by atoms with van der Waals surface area (Å²) in [6, 6.07) is 5.86. The van der Waals surface area contributed by atoms with Crippen molar-refractivity contribution >= 4 is 43.7 Å². The molecule has 1 aromatic carbocycles. The van der Waals surface area contributed by atoms with E-state index in [1.54, 1.807) is 0 Å². The van der Waals surface area contributed by atoms with Crippen LogP contribution in [0.4, 0.5) is 27.6 Å². The van der Waals surface area contributed by atoms with Crippen LogP contribution in [0.15, 0.2) is 46.4 Å². The van der Waals surface area contributed by atoms with Gasteiger partial charge in [-0.25, -0.2) is 18.4 Å². The molecule has 2 aromatic heterocycles. The largest absolute Gasteiger partial charge is 0.417 e. The van der Waals surface area contributed by atoms with Crippen LogP contribution in [-0.4, -0.2) is 29.9 Å². The van der Waals surface area contributed by atoms with Crippen LogP contribution >= 0.6 is 11.6 Å². The number of hydrogen-bond acceptors (Lipinski definition) is 5. The maximum absolute atomic E-state index is 15.1. The number of pyridine rings is 2. The maximum atomic E-state index is 15.1. The van der Waals surface area contributed by atoms with E-state index < -0.39 is 60.9 Å². The van der Waals surface area contributed by atoms with Crippen molar-refractivity contribution in [1.29, 1.82) is 0 Å². The number of hydrogen-bond donors (Lipinski definition) is 0. The zero-order valence-electron chi connectivity index (χ0n) is 15.5. The first-order valence-electron chi connectivity index (χ1n) is 8.72. The lowest BCUT2D eigenvalue weighted by Crippen LogP contribution is -2.27. The van der Waals surface area contributed by atoms with Gasteiger partial charge in [0.1, 0.15) is 17.1 Å². The Kier molecular flexibility index (Phi) is 4.82. The van der Waals surface area contributed by atoms with E-state index in [1.165, 1.54) is 25.1 Å². The Morgan fingerprint density at radius 3 is 2.48 bits per heavy atom. The van der Waals surface area contributed by atoms with Crippen LogP contribution < -0.4 is 0 Å². The summed E-state index contributed by atoms with van der Waals surface area (Å²) >= 11 is 5.92. The third kappa shape index (κ3) is 3.55. The number of rotatable bonds is 3. The van der Waals surface area contributed by atoms with Gasteiger partial charge in [0.2, 0.25) is 0 Å². The van der Waals surface area contributed by atoms with E-state index in [4.69, 9.17) is 11.6 Å². The molecule has 0 N–H and O–H groups in total. The molecule has 0 fully saturated rings. The van der Waals surface area contributed by atoms with Crippen LogP contribution in [0.25, 0.3) is 10.9 Å². The van der Waals surface area contributed by atoms with Gasteiger partial charge in [-0.1, -0.05) is 18.5 Å². The zero-order chi connectivity index (χ0) is 22.8. The lowest BCUT2D eigenvalue weighted by molar-refractivity contribution is -0.137. The molecule has 1 aliphatic heterocycles. The van der Waals surface area contributed by atoms with Gasteiger partial charge in [-0.05, 0) is 30.3 Å². The van der Waals surface area contributed by atoms with Gasteiger partial charge in [0.05, 0.1) is 27.4 Å². The Labute approximate surface area is 177 Å². The number of sulfone groups is 1. The molecule has 0 amide bonds. The maximum Gasteiger partial charge on any atom is 0.417 e. The van der Waals surface area contributed by atoms with E-state index in [9.17, 15) is 21.6 Å². The Bertz CT molecular complexity index is 1370. The average molecular weight is 476 g/mol. The first-order chi connectivity index (χ1) is 14.3. The minimum atomic E-state index is -4.81. The monoisotopic (exact) mass is 475 g/mol. The van der Waals surface area contributed by atoms with E-state index in [1.807, 2.05) is 0 Å². The van der Waals surface area contributed by atoms with Crippen molar-refractivity contribution in [3.8, 4) is 0 Å². The quantitative estimate of drug-likeness (QED) is 0.480. The van der Waals surface area contributed by atoms with Gasteiger partial charge < -0.3 is 0 Å². The summed E-state index contributed by atoms with van der Waals surface area (Å²) < 4.78 is 94.4. The summed E-state index contributed by atoms with van der Waals surface area (Å²) in [5.41, 5.74) is -4.53. The predicted octanol–water partition coefficient (Wildman–Crippen LogP) is 5.32. The van der Waals surface area contributed by atoms with E-state index in [0.29, 0.717) is 11.5 Å². The van der Waals surface area contributed by atoms with Crippen molar-refractivity contribution in [2.24, 2.45) is 4.99 Å². The number of benzene rings is 1. The van der Waals surface area contributed by atoms with Gasteiger partial charge in [0, 0.05) is 16.6 Å². The molecule has 12 heteroatoms. The molecule has 31 heavy (non-hydrogen) atoms. The fraction of sp³-hybridized carbons (Fsp3) is 0.211. The van der Waals surface area contributed by atoms with Crippen molar-refractivity contribution in [2.45, 2.75) is 23.9 Å². The highest BCUT2D eigenvalue weighted by molar-refractivity contribution is 7.91. The Morgan fingerprint density at radius 1 is 1.13 bits per heavy atom. The number of halogens is 6. The minimum Gasteiger partial charge on any atom is -0.252 e. The van der Waals surface area contributed by atoms with Gasteiger partial charge in [0.25, 0.3) is 0 Å². The second-order valence-electron chi connectivity index (χ2n) is 6.70. The summed E-state index contributed by atoms with van der Waals surface area (Å²) in [5.74, 6) is -4.37. The summed E-state index contributed by atoms with van der Waals surface area (Å²) in [7, 11) is -4.06. The zero-order valence-corrected chi connectivity index (χ0v) is 17.1. The standard InChI is InChI=1S/C19H11ClF5N3O2S/c1-2-31(29,30)14-6-9-5-11(20)3-4-12(9)27-15(14)17-18(21,22)16-13(28-17)7-10(8-26-16)19(23,24)25/h3-8H,2H2,1H3. The summed E-state index contributed by atoms with van der Waals surface area (Å²) in [5, 5.41) is 0.571. The van der Waals surface area contributed by atoms with Gasteiger partial charge in [0.15, 0.2) is 9.84 Å².